The van der Waals surface area contributed by atoms with E-state index in [0.29, 0.717) is 39.2 Å². The van der Waals surface area contributed by atoms with Crippen molar-refractivity contribution in [1.82, 2.24) is 10.2 Å². The van der Waals surface area contributed by atoms with Gasteiger partial charge in [-0.15, -0.1) is 0 Å². The molecule has 0 radical (unpaired) electrons. The number of benzene rings is 1. The standard InChI is InChI=1S/C40H64N2O2/c1-26(2)29-16-21-40(41-24-25-42(8)9)23-22-38(6)31(34(29)40)14-15-33-37(5)19-17-30(27-10-12-28(13-11-27)35(43)44)36(3,4)32(37)18-20-39(33,38)7/h10-13,26,29-34,41H,14-25H2,1-9H3,(H,43,44)/t29-,30+,31+,32-,33+,34+,37-,38+,39+,40-/m0/s1. The third-order valence-corrected chi connectivity index (χ3v) is 16.0. The zero-order chi connectivity index (χ0) is 31.9. The van der Waals surface area contributed by atoms with Gasteiger partial charge in [-0.05, 0) is 159 Å². The highest BCUT2D eigenvalue weighted by molar-refractivity contribution is 5.87. The molecule has 1 aromatic rings. The van der Waals surface area contributed by atoms with Gasteiger partial charge in [0.2, 0.25) is 0 Å². The minimum absolute atomic E-state index is 0.198. The van der Waals surface area contributed by atoms with Crippen LogP contribution >= 0.6 is 0 Å². The smallest absolute Gasteiger partial charge is 0.335 e. The van der Waals surface area contributed by atoms with Gasteiger partial charge in [-0.25, -0.2) is 4.79 Å². The Balaban J connectivity index is 1.29. The normalized spacial score (nSPS) is 44.5. The second-order valence-electron chi connectivity index (χ2n) is 18.4. The molecule has 6 rings (SSSR count). The molecule has 5 aliphatic carbocycles. The van der Waals surface area contributed by atoms with E-state index in [1.54, 1.807) is 0 Å². The molecular weight excluding hydrogens is 540 g/mol. The molecule has 5 aliphatic rings. The van der Waals surface area contributed by atoms with Crippen LogP contribution in [-0.2, 0) is 0 Å². The minimum atomic E-state index is -0.829. The van der Waals surface area contributed by atoms with Crippen molar-refractivity contribution in [3.8, 4) is 0 Å². The molecule has 0 saturated heterocycles. The third kappa shape index (κ3) is 4.69. The monoisotopic (exact) mass is 604 g/mol. The summed E-state index contributed by atoms with van der Waals surface area (Å²) in [6.07, 6.45) is 13.6. The van der Waals surface area contributed by atoms with Gasteiger partial charge in [-0.3, -0.25) is 0 Å². The molecule has 5 fully saturated rings. The number of fused-ring (bicyclic) bond motifs is 7. The summed E-state index contributed by atoms with van der Waals surface area (Å²) < 4.78 is 0. The summed E-state index contributed by atoms with van der Waals surface area (Å²) in [5.41, 5.74) is 3.46. The van der Waals surface area contributed by atoms with Crippen molar-refractivity contribution in [2.24, 2.45) is 57.2 Å². The third-order valence-electron chi connectivity index (χ3n) is 16.0. The van der Waals surface area contributed by atoms with E-state index in [4.69, 9.17) is 0 Å². The van der Waals surface area contributed by atoms with E-state index in [0.717, 1.165) is 42.7 Å². The van der Waals surface area contributed by atoms with Crippen LogP contribution in [0.3, 0.4) is 0 Å². The first-order chi connectivity index (χ1) is 20.6. The van der Waals surface area contributed by atoms with Gasteiger partial charge >= 0.3 is 5.97 Å². The van der Waals surface area contributed by atoms with Gasteiger partial charge in [0.15, 0.2) is 0 Å². The summed E-state index contributed by atoms with van der Waals surface area (Å²) in [5.74, 6) is 4.41. The van der Waals surface area contributed by atoms with Gasteiger partial charge < -0.3 is 15.3 Å². The van der Waals surface area contributed by atoms with Crippen molar-refractivity contribution < 1.29 is 9.90 Å². The maximum absolute atomic E-state index is 11.5. The summed E-state index contributed by atoms with van der Waals surface area (Å²) in [4.78, 5) is 13.9. The van der Waals surface area contributed by atoms with Gasteiger partial charge in [-0.2, -0.15) is 0 Å². The molecular formula is C40H64N2O2. The molecule has 10 atom stereocenters. The first-order valence-electron chi connectivity index (χ1n) is 18.3. The summed E-state index contributed by atoms with van der Waals surface area (Å²) in [7, 11) is 4.42. The molecule has 5 saturated carbocycles. The van der Waals surface area contributed by atoms with Crippen molar-refractivity contribution in [2.45, 2.75) is 124 Å². The molecule has 4 heteroatoms. The lowest BCUT2D eigenvalue weighted by Crippen LogP contribution is -2.68. The molecule has 0 amide bonds. The van der Waals surface area contributed by atoms with Crippen LogP contribution < -0.4 is 5.32 Å². The van der Waals surface area contributed by atoms with Crippen molar-refractivity contribution in [1.29, 1.82) is 0 Å². The Morgan fingerprint density at radius 3 is 2.20 bits per heavy atom. The quantitative estimate of drug-likeness (QED) is 0.326. The summed E-state index contributed by atoms with van der Waals surface area (Å²) in [5, 5.41) is 13.7. The number of nitrogens with zero attached hydrogens (tertiary/aromatic N) is 1. The summed E-state index contributed by atoms with van der Waals surface area (Å²) in [6, 6.07) is 7.89. The number of carbonyl (C=O) groups is 1. The number of carboxylic acids is 1. The fourth-order valence-electron chi connectivity index (χ4n) is 13.7. The Morgan fingerprint density at radius 2 is 1.57 bits per heavy atom. The average molecular weight is 605 g/mol. The van der Waals surface area contributed by atoms with E-state index in [9.17, 15) is 9.90 Å². The first-order valence-corrected chi connectivity index (χ1v) is 18.3. The van der Waals surface area contributed by atoms with Crippen LogP contribution in [0.25, 0.3) is 0 Å². The van der Waals surface area contributed by atoms with E-state index in [1.807, 2.05) is 12.1 Å². The Labute approximate surface area is 269 Å². The molecule has 0 unspecified atom stereocenters. The van der Waals surface area contributed by atoms with Gasteiger partial charge in [0, 0.05) is 18.6 Å². The predicted molar refractivity (Wildman–Crippen MR) is 182 cm³/mol. The second kappa shape index (κ2) is 11.1. The largest absolute Gasteiger partial charge is 0.478 e. The fourth-order valence-corrected chi connectivity index (χ4v) is 13.7. The Hall–Kier alpha value is -1.39. The van der Waals surface area contributed by atoms with Gasteiger partial charge in [-0.1, -0.05) is 60.6 Å². The average Bonchev–Trinajstić information content (AvgIpc) is 3.33. The maximum atomic E-state index is 11.5. The molecule has 0 aromatic heterocycles. The number of hydrogen-bond acceptors (Lipinski definition) is 3. The van der Waals surface area contributed by atoms with Crippen LogP contribution in [0.15, 0.2) is 24.3 Å². The number of carboxylic acid groups (broad SMARTS) is 1. The van der Waals surface area contributed by atoms with E-state index < -0.39 is 5.97 Å². The van der Waals surface area contributed by atoms with Crippen LogP contribution in [0, 0.1) is 57.2 Å². The predicted octanol–water partition coefficient (Wildman–Crippen LogP) is 9.11. The van der Waals surface area contributed by atoms with Crippen LogP contribution in [0.2, 0.25) is 0 Å². The van der Waals surface area contributed by atoms with Crippen LogP contribution in [-0.4, -0.2) is 48.7 Å². The Kier molecular flexibility index (Phi) is 8.21. The van der Waals surface area contributed by atoms with E-state index in [2.05, 4.69) is 84.9 Å². The lowest BCUT2D eigenvalue weighted by molar-refractivity contribution is -0.235. The van der Waals surface area contributed by atoms with Gasteiger partial charge in [0.05, 0.1) is 5.56 Å². The molecule has 1 aromatic carbocycles. The van der Waals surface area contributed by atoms with Crippen LogP contribution in [0.4, 0.5) is 0 Å². The molecule has 0 aliphatic heterocycles. The molecule has 0 spiro atoms. The summed E-state index contributed by atoms with van der Waals surface area (Å²) in [6.45, 7) is 20.7. The van der Waals surface area contributed by atoms with E-state index in [-0.39, 0.29) is 5.41 Å². The Bertz CT molecular complexity index is 1220. The van der Waals surface area contributed by atoms with Crippen molar-refractivity contribution in [2.75, 3.05) is 27.2 Å². The molecule has 0 bridgehead atoms. The zero-order valence-electron chi connectivity index (χ0n) is 29.6. The number of nitrogens with one attached hydrogen (secondary N) is 1. The highest BCUT2D eigenvalue weighted by Gasteiger charge is 2.70. The van der Waals surface area contributed by atoms with Crippen molar-refractivity contribution in [3.05, 3.63) is 35.4 Å². The minimum Gasteiger partial charge on any atom is -0.478 e. The second-order valence-corrected chi connectivity index (χ2v) is 18.4. The van der Waals surface area contributed by atoms with Crippen LogP contribution in [0.5, 0.6) is 0 Å². The SMILES string of the molecule is CC(C)[C@@H]1CC[C@]2(NCCN(C)C)CC[C@]3(C)[C@H](CC[C@@H]4[C@@]5(C)CC[C@H](c6ccc(C(=O)O)cc6)C(C)(C)[C@@H]5CC[C@]43C)[C@@H]12. The maximum Gasteiger partial charge on any atom is 0.335 e. The van der Waals surface area contributed by atoms with E-state index >= 15 is 0 Å². The number of aromatic carboxylic acids is 1. The van der Waals surface area contributed by atoms with Crippen LogP contribution in [0.1, 0.15) is 135 Å². The fraction of sp³-hybridized carbons (Fsp3) is 0.825. The molecule has 0 heterocycles. The van der Waals surface area contributed by atoms with Crippen molar-refractivity contribution in [3.63, 3.8) is 0 Å². The molecule has 2 N–H and O–H groups in total. The first kappa shape index (κ1) is 32.5. The molecule has 44 heavy (non-hydrogen) atoms. The highest BCUT2D eigenvalue weighted by atomic mass is 16.4. The number of hydrogen-bond donors (Lipinski definition) is 2. The highest BCUT2D eigenvalue weighted by Crippen LogP contribution is 2.77. The molecule has 4 nitrogen and oxygen atoms in total. The lowest BCUT2D eigenvalue weighted by atomic mass is 9.32. The Morgan fingerprint density at radius 1 is 0.864 bits per heavy atom. The number of likely N-dealkylation sites (N-methyl/N-ethyl adjacent to an activating group) is 1. The van der Waals surface area contributed by atoms with Crippen molar-refractivity contribution >= 4 is 5.97 Å². The molecule has 246 valence electrons. The van der Waals surface area contributed by atoms with E-state index in [1.165, 1.54) is 69.8 Å². The topological polar surface area (TPSA) is 52.6 Å². The zero-order valence-corrected chi connectivity index (χ0v) is 29.6. The van der Waals surface area contributed by atoms with Gasteiger partial charge in [0.1, 0.15) is 0 Å². The number of rotatable bonds is 7. The van der Waals surface area contributed by atoms with Gasteiger partial charge in [0.25, 0.3) is 0 Å². The summed E-state index contributed by atoms with van der Waals surface area (Å²) >= 11 is 0. The lowest BCUT2D eigenvalue weighted by Gasteiger charge is -2.73.